The summed E-state index contributed by atoms with van der Waals surface area (Å²) in [7, 11) is 0. The molecule has 0 unspecified atom stereocenters. The number of guanidine groups is 1. The number of phenolic OH excluding ortho intramolecular Hbond substituents is 1. The zero-order valence-electron chi connectivity index (χ0n) is 29.7. The van der Waals surface area contributed by atoms with Crippen molar-refractivity contribution in [2.75, 3.05) is 19.6 Å². The van der Waals surface area contributed by atoms with E-state index in [1.54, 1.807) is 12.1 Å². The summed E-state index contributed by atoms with van der Waals surface area (Å²) in [6, 6.07) is 30.4. The molecule has 0 fully saturated rings. The van der Waals surface area contributed by atoms with Crippen LogP contribution in [0.15, 0.2) is 114 Å². The molecule has 0 heterocycles. The third-order valence-corrected chi connectivity index (χ3v) is 8.51. The van der Waals surface area contributed by atoms with E-state index >= 15 is 0 Å². The second kappa shape index (κ2) is 20.6. The molecule has 0 aliphatic carbocycles. The van der Waals surface area contributed by atoms with Crippen LogP contribution in [0.4, 0.5) is 0 Å². The van der Waals surface area contributed by atoms with Crippen LogP contribution in [0.5, 0.6) is 5.75 Å². The van der Waals surface area contributed by atoms with Crippen LogP contribution in [0, 0.1) is 0 Å². The van der Waals surface area contributed by atoms with Crippen molar-refractivity contribution in [2.24, 2.45) is 16.5 Å². The average molecular weight is 722 g/mol. The predicted octanol–water partition coefficient (Wildman–Crippen LogP) is 0.953. The second-order valence-electron chi connectivity index (χ2n) is 12.6. The Balaban J connectivity index is 1.42. The monoisotopic (exact) mass is 721 g/mol. The molecular weight excluding hydrogens is 672 g/mol. The second-order valence-corrected chi connectivity index (χ2v) is 12.6. The van der Waals surface area contributed by atoms with Gasteiger partial charge >= 0.3 is 0 Å². The first kappa shape index (κ1) is 39.6. The van der Waals surface area contributed by atoms with Gasteiger partial charge in [0.2, 0.25) is 23.6 Å². The van der Waals surface area contributed by atoms with E-state index in [1.807, 2.05) is 84.9 Å². The first-order valence-electron chi connectivity index (χ1n) is 17.6. The van der Waals surface area contributed by atoms with Crippen molar-refractivity contribution in [3.05, 3.63) is 126 Å². The fraction of sp³-hybridized carbons (Fsp3) is 0.275. The Morgan fingerprint density at radius 1 is 0.660 bits per heavy atom. The lowest BCUT2D eigenvalue weighted by Gasteiger charge is -2.25. The number of hydrogen-bond acceptors (Lipinski definition) is 6. The van der Waals surface area contributed by atoms with Gasteiger partial charge in [-0.15, -0.1) is 0 Å². The summed E-state index contributed by atoms with van der Waals surface area (Å²) in [6.45, 7) is 0.573. The normalized spacial score (nSPS) is 12.4. The maximum absolute atomic E-state index is 13.8. The summed E-state index contributed by atoms with van der Waals surface area (Å²) in [5.41, 5.74) is 19.4. The number of hydrogen-bond donors (Lipinski definition) is 8. The Morgan fingerprint density at radius 2 is 1.25 bits per heavy atom. The van der Waals surface area contributed by atoms with Gasteiger partial charge < -0.3 is 43.6 Å². The highest BCUT2D eigenvalue weighted by Crippen LogP contribution is 2.19. The number of amides is 4. The summed E-state index contributed by atoms with van der Waals surface area (Å²) < 4.78 is 0. The number of phenols is 1. The van der Waals surface area contributed by atoms with Gasteiger partial charge in [0, 0.05) is 19.5 Å². The Bertz CT molecular complexity index is 1800. The average Bonchev–Trinajstić information content (AvgIpc) is 3.16. The molecule has 0 bridgehead atoms. The molecule has 13 nitrogen and oxygen atoms in total. The lowest BCUT2D eigenvalue weighted by Crippen LogP contribution is -2.66. The maximum atomic E-state index is 13.8. The van der Waals surface area contributed by atoms with Crippen molar-refractivity contribution in [2.45, 2.75) is 50.2 Å². The van der Waals surface area contributed by atoms with Crippen molar-refractivity contribution in [1.82, 2.24) is 21.3 Å². The number of quaternary nitrogens is 1. The van der Waals surface area contributed by atoms with Crippen molar-refractivity contribution in [3.63, 3.8) is 0 Å². The quantitative estimate of drug-likeness (QED) is 0.0397. The van der Waals surface area contributed by atoms with Crippen LogP contribution in [0.3, 0.4) is 0 Å². The van der Waals surface area contributed by atoms with E-state index in [2.05, 4.69) is 32.0 Å². The topological polar surface area (TPSA) is 229 Å². The third-order valence-electron chi connectivity index (χ3n) is 8.51. The van der Waals surface area contributed by atoms with Gasteiger partial charge in [-0.2, -0.15) is 0 Å². The van der Waals surface area contributed by atoms with Crippen LogP contribution >= 0.6 is 0 Å². The lowest BCUT2D eigenvalue weighted by molar-refractivity contribution is -0.370. The number of aromatic hydroxyl groups is 1. The first-order valence-corrected chi connectivity index (χ1v) is 17.6. The van der Waals surface area contributed by atoms with Gasteiger partial charge in [0.15, 0.2) is 12.0 Å². The van der Waals surface area contributed by atoms with Crippen LogP contribution in [-0.4, -0.2) is 72.5 Å². The van der Waals surface area contributed by atoms with Gasteiger partial charge in [0.25, 0.3) is 0 Å². The van der Waals surface area contributed by atoms with Crippen molar-refractivity contribution < 1.29 is 30.0 Å². The van der Waals surface area contributed by atoms with Gasteiger partial charge in [-0.05, 0) is 59.2 Å². The largest absolute Gasteiger partial charge is 0.508 e. The van der Waals surface area contributed by atoms with E-state index in [0.717, 1.165) is 22.3 Å². The summed E-state index contributed by atoms with van der Waals surface area (Å²) in [6.07, 6.45) is 1.23. The number of nitrogens with two attached hydrogens (primary N) is 2. The maximum Gasteiger partial charge on any atom is 0.249 e. The molecule has 53 heavy (non-hydrogen) atoms. The summed E-state index contributed by atoms with van der Waals surface area (Å²) >= 11 is 0. The highest BCUT2D eigenvalue weighted by Gasteiger charge is 2.30. The van der Waals surface area contributed by atoms with Gasteiger partial charge in [-0.3, -0.25) is 24.2 Å². The number of carbonyl (C=O) groups excluding carboxylic acids is 4. The number of rotatable bonds is 19. The Hall–Kier alpha value is -6.21. The summed E-state index contributed by atoms with van der Waals surface area (Å²) in [5, 5.41) is 21.0. The number of nitrogens with zero attached hydrogens (tertiary/aromatic N) is 1. The highest BCUT2D eigenvalue weighted by molar-refractivity contribution is 5.94. The van der Waals surface area contributed by atoms with Crippen molar-refractivity contribution in [1.29, 1.82) is 0 Å². The van der Waals surface area contributed by atoms with Crippen LogP contribution in [0.2, 0.25) is 0 Å². The number of nitrogens with one attached hydrogen (secondary N) is 4. The minimum atomic E-state index is -1.09. The Labute approximate surface area is 309 Å². The van der Waals surface area contributed by atoms with Gasteiger partial charge in [-0.1, -0.05) is 97.1 Å². The lowest BCUT2D eigenvalue weighted by atomic mass is 10.0. The van der Waals surface area contributed by atoms with E-state index in [1.165, 1.54) is 12.1 Å². The fourth-order valence-corrected chi connectivity index (χ4v) is 5.64. The molecule has 0 aliphatic heterocycles. The molecule has 4 aromatic rings. The minimum absolute atomic E-state index is 0.0279. The molecule has 12 N–H and O–H groups in total. The van der Waals surface area contributed by atoms with E-state index in [-0.39, 0.29) is 50.0 Å². The molecule has 4 amide bonds. The molecule has 0 spiro atoms. The Kier molecular flexibility index (Phi) is 15.4. The van der Waals surface area contributed by atoms with Gasteiger partial charge in [0.1, 0.15) is 24.4 Å². The van der Waals surface area contributed by atoms with E-state index in [4.69, 9.17) is 11.5 Å². The molecule has 0 radical (unpaired) electrons. The first-order chi connectivity index (χ1) is 25.6. The van der Waals surface area contributed by atoms with E-state index < -0.39 is 35.8 Å². The molecule has 0 aromatic heterocycles. The molecule has 4 rings (SSSR count). The number of aliphatic imine (C=N–C) groups is 1. The molecule has 4 aromatic carbocycles. The molecule has 278 valence electrons. The minimum Gasteiger partial charge on any atom is -0.508 e. The van der Waals surface area contributed by atoms with Gasteiger partial charge in [0.05, 0.1) is 6.42 Å². The third kappa shape index (κ3) is 13.5. The Morgan fingerprint density at radius 3 is 1.89 bits per heavy atom. The zero-order valence-corrected chi connectivity index (χ0v) is 29.7. The molecular formula is C40H49N8O5+. The molecule has 0 aliphatic rings. The highest BCUT2D eigenvalue weighted by atomic mass is 16.3. The van der Waals surface area contributed by atoms with Crippen molar-refractivity contribution in [3.8, 4) is 16.9 Å². The van der Waals surface area contributed by atoms with Crippen molar-refractivity contribution >= 4 is 29.6 Å². The van der Waals surface area contributed by atoms with E-state index in [9.17, 15) is 24.3 Å². The molecule has 13 heteroatoms. The fourth-order valence-electron chi connectivity index (χ4n) is 5.64. The SMILES string of the molecule is NC(N)=NCCC[C@@H](NC(=O)[C@H](C[NH3+])NC(=O)Cc1ccc(-c2ccccc2)cc1)C(=O)N[C@@H](Cc1ccc(O)cc1)C(=O)NCCc1ccccc1. The van der Waals surface area contributed by atoms with Gasteiger partial charge in [-0.25, -0.2) is 0 Å². The summed E-state index contributed by atoms with van der Waals surface area (Å²) in [4.78, 5) is 57.8. The molecule has 0 saturated carbocycles. The van der Waals surface area contributed by atoms with E-state index in [0.29, 0.717) is 24.9 Å². The van der Waals surface area contributed by atoms with Crippen LogP contribution < -0.4 is 38.5 Å². The summed E-state index contributed by atoms with van der Waals surface area (Å²) in [5.74, 6) is -2.03. The number of carbonyl (C=O) groups is 4. The molecule has 3 atom stereocenters. The van der Waals surface area contributed by atoms with Crippen LogP contribution in [-0.2, 0) is 38.4 Å². The van der Waals surface area contributed by atoms with Crippen LogP contribution in [0.25, 0.3) is 11.1 Å². The predicted molar refractivity (Wildman–Crippen MR) is 204 cm³/mol. The molecule has 0 saturated heterocycles. The smallest absolute Gasteiger partial charge is 0.249 e. The number of benzene rings is 4. The standard InChI is InChI=1S/C40H48N8O5/c41-26-35(46-36(50)25-29-13-17-31(18-14-29)30-10-5-2-6-11-30)39(53)47-33(12-7-22-45-40(42)43)38(52)48-34(24-28-15-19-32(49)20-16-28)37(51)44-23-21-27-8-3-1-4-9-27/h1-6,8-11,13-20,33-35,49H,7,12,21-26,41H2,(H,44,51)(H,46,50)(H,47,53)(H,48,52)(H4,42,43,45)/p+1/t33-,34+,35+/m1/s1. The van der Waals surface area contributed by atoms with Crippen LogP contribution in [0.1, 0.15) is 29.5 Å². The zero-order chi connectivity index (χ0) is 38.0.